The number of rotatable bonds is 9. The van der Waals surface area contributed by atoms with Crippen LogP contribution in [-0.2, 0) is 16.6 Å². The lowest BCUT2D eigenvalue weighted by atomic mass is 10.3. The second-order valence-electron chi connectivity index (χ2n) is 3.80. The van der Waals surface area contributed by atoms with Gasteiger partial charge in [-0.2, -0.15) is 11.8 Å². The van der Waals surface area contributed by atoms with Crippen LogP contribution in [0.4, 0.5) is 0 Å². The Morgan fingerprint density at radius 2 is 2.22 bits per heavy atom. The van der Waals surface area contributed by atoms with Crippen molar-refractivity contribution in [3.63, 3.8) is 0 Å². The predicted molar refractivity (Wildman–Crippen MR) is 79.9 cm³/mol. The van der Waals surface area contributed by atoms with Crippen LogP contribution in [0.2, 0.25) is 0 Å². The van der Waals surface area contributed by atoms with E-state index in [1.54, 1.807) is 17.8 Å². The molecule has 0 unspecified atom stereocenters. The summed E-state index contributed by atoms with van der Waals surface area (Å²) < 4.78 is 26.9. The molecule has 4 nitrogen and oxygen atoms in total. The third kappa shape index (κ3) is 5.27. The van der Waals surface area contributed by atoms with Gasteiger partial charge < -0.3 is 5.32 Å². The van der Waals surface area contributed by atoms with E-state index >= 15 is 0 Å². The minimum atomic E-state index is -3.31. The number of hydrogen-bond donors (Lipinski definition) is 2. The maximum absolute atomic E-state index is 12.0. The summed E-state index contributed by atoms with van der Waals surface area (Å²) >= 11 is 3.00. The number of thioether (sulfide) groups is 1. The van der Waals surface area contributed by atoms with Gasteiger partial charge in [0.25, 0.3) is 0 Å². The number of hydrogen-bond acceptors (Lipinski definition) is 5. The smallest absolute Gasteiger partial charge is 0.250 e. The highest BCUT2D eigenvalue weighted by Crippen LogP contribution is 2.19. The number of sulfonamides is 1. The van der Waals surface area contributed by atoms with Crippen molar-refractivity contribution in [2.75, 3.05) is 25.1 Å². The van der Waals surface area contributed by atoms with E-state index in [4.69, 9.17) is 0 Å². The second kappa shape index (κ2) is 8.16. The van der Waals surface area contributed by atoms with Crippen molar-refractivity contribution in [1.29, 1.82) is 0 Å². The topological polar surface area (TPSA) is 58.2 Å². The van der Waals surface area contributed by atoms with Crippen molar-refractivity contribution in [3.05, 3.63) is 17.0 Å². The molecule has 1 heterocycles. The van der Waals surface area contributed by atoms with Gasteiger partial charge in [0.15, 0.2) is 0 Å². The first-order chi connectivity index (χ1) is 8.60. The molecule has 0 aliphatic heterocycles. The Labute approximate surface area is 118 Å². The Hall–Kier alpha value is -0.0800. The summed E-state index contributed by atoms with van der Waals surface area (Å²) in [6.07, 6.45) is 2.87. The molecular weight excluding hydrogens is 288 g/mol. The van der Waals surface area contributed by atoms with Crippen LogP contribution in [0.5, 0.6) is 0 Å². The zero-order valence-corrected chi connectivity index (χ0v) is 13.2. The zero-order valence-electron chi connectivity index (χ0n) is 10.7. The van der Waals surface area contributed by atoms with E-state index in [1.807, 2.05) is 18.6 Å². The Morgan fingerprint density at radius 3 is 2.89 bits per heavy atom. The van der Waals surface area contributed by atoms with Gasteiger partial charge in [0, 0.05) is 13.1 Å². The first kappa shape index (κ1) is 16.0. The van der Waals surface area contributed by atoms with Crippen LogP contribution in [0, 0.1) is 0 Å². The molecule has 0 spiro atoms. The third-order valence-corrected chi connectivity index (χ3v) is 5.94. The molecule has 18 heavy (non-hydrogen) atoms. The van der Waals surface area contributed by atoms with Gasteiger partial charge in [-0.25, -0.2) is 13.1 Å². The molecule has 0 aromatic carbocycles. The van der Waals surface area contributed by atoms with Crippen molar-refractivity contribution in [1.82, 2.24) is 10.0 Å². The summed E-state index contributed by atoms with van der Waals surface area (Å²) in [5.74, 6) is 0.971. The highest BCUT2D eigenvalue weighted by atomic mass is 32.2. The average molecular weight is 308 g/mol. The molecule has 0 amide bonds. The molecule has 0 aliphatic rings. The Morgan fingerprint density at radius 1 is 1.44 bits per heavy atom. The lowest BCUT2D eigenvalue weighted by molar-refractivity contribution is 0.583. The van der Waals surface area contributed by atoms with Crippen molar-refractivity contribution < 1.29 is 8.42 Å². The minimum absolute atomic E-state index is 0.402. The molecule has 1 aromatic rings. The Balaban J connectivity index is 2.53. The van der Waals surface area contributed by atoms with Gasteiger partial charge in [-0.15, -0.1) is 11.3 Å². The normalized spacial score (nSPS) is 11.9. The lowest BCUT2D eigenvalue weighted by Gasteiger charge is -2.03. The summed E-state index contributed by atoms with van der Waals surface area (Å²) in [5, 5.41) is 5.07. The quantitative estimate of drug-likeness (QED) is 0.684. The summed E-state index contributed by atoms with van der Waals surface area (Å²) in [4.78, 5) is 0. The van der Waals surface area contributed by atoms with Crippen LogP contribution in [0.3, 0.4) is 0 Å². The van der Waals surface area contributed by atoms with E-state index in [-0.39, 0.29) is 0 Å². The average Bonchev–Trinajstić information content (AvgIpc) is 2.81. The summed E-state index contributed by atoms with van der Waals surface area (Å²) in [5.41, 5.74) is 1.02. The van der Waals surface area contributed by atoms with Crippen molar-refractivity contribution >= 4 is 33.1 Å². The molecule has 0 saturated carbocycles. The molecule has 0 fully saturated rings. The van der Waals surface area contributed by atoms with Crippen LogP contribution in [0.15, 0.2) is 15.7 Å². The molecule has 0 aliphatic carbocycles. The largest absolute Gasteiger partial charge is 0.313 e. The van der Waals surface area contributed by atoms with E-state index in [0.29, 0.717) is 10.8 Å². The summed E-state index contributed by atoms with van der Waals surface area (Å²) in [7, 11) is -3.31. The number of nitrogens with one attached hydrogen (secondary N) is 2. The van der Waals surface area contributed by atoms with Crippen LogP contribution < -0.4 is 10.0 Å². The lowest BCUT2D eigenvalue weighted by Crippen LogP contribution is -2.24. The fraction of sp³-hybridized carbons (Fsp3) is 0.636. The fourth-order valence-corrected chi connectivity index (χ4v) is 4.11. The van der Waals surface area contributed by atoms with Gasteiger partial charge in [-0.1, -0.05) is 6.92 Å². The molecule has 0 radical (unpaired) electrons. The van der Waals surface area contributed by atoms with Crippen LogP contribution in [0.25, 0.3) is 0 Å². The first-order valence-corrected chi connectivity index (χ1v) is 9.62. The van der Waals surface area contributed by atoms with Crippen molar-refractivity contribution in [2.45, 2.75) is 24.1 Å². The van der Waals surface area contributed by atoms with Crippen LogP contribution >= 0.6 is 23.1 Å². The fourth-order valence-electron chi connectivity index (χ4n) is 1.35. The Bertz CT molecular complexity index is 443. The van der Waals surface area contributed by atoms with Gasteiger partial charge in [0.2, 0.25) is 10.0 Å². The van der Waals surface area contributed by atoms with Gasteiger partial charge in [0.1, 0.15) is 4.21 Å². The third-order valence-electron chi connectivity index (χ3n) is 2.29. The van der Waals surface area contributed by atoms with Crippen molar-refractivity contribution in [2.24, 2.45) is 0 Å². The highest BCUT2D eigenvalue weighted by molar-refractivity contribution is 7.98. The minimum Gasteiger partial charge on any atom is -0.313 e. The van der Waals surface area contributed by atoms with Crippen LogP contribution in [-0.4, -0.2) is 33.5 Å². The standard InChI is InChI=1S/C11H20N2O2S3/c1-3-12-8-10-7-11(17-9-10)18(14,15)13-5-4-6-16-2/h7,9,12-13H,3-6,8H2,1-2H3. The van der Waals surface area contributed by atoms with E-state index in [1.165, 1.54) is 11.3 Å². The maximum Gasteiger partial charge on any atom is 0.250 e. The van der Waals surface area contributed by atoms with E-state index in [0.717, 1.165) is 30.8 Å². The van der Waals surface area contributed by atoms with E-state index < -0.39 is 10.0 Å². The SMILES string of the molecule is CCNCc1csc(S(=O)(=O)NCCCSC)c1. The molecule has 0 bridgehead atoms. The maximum atomic E-state index is 12.0. The molecule has 0 atom stereocenters. The van der Waals surface area contributed by atoms with Crippen LogP contribution in [0.1, 0.15) is 18.9 Å². The molecule has 1 rings (SSSR count). The molecular formula is C11H20N2O2S3. The monoisotopic (exact) mass is 308 g/mol. The van der Waals surface area contributed by atoms with E-state index in [9.17, 15) is 8.42 Å². The predicted octanol–water partition coefficient (Wildman–Crippen LogP) is 1.89. The molecule has 0 saturated heterocycles. The van der Waals surface area contributed by atoms with Crippen molar-refractivity contribution in [3.8, 4) is 0 Å². The summed E-state index contributed by atoms with van der Waals surface area (Å²) in [6.45, 7) is 4.13. The second-order valence-corrected chi connectivity index (χ2v) is 7.69. The van der Waals surface area contributed by atoms with E-state index in [2.05, 4.69) is 10.0 Å². The van der Waals surface area contributed by atoms with Gasteiger partial charge >= 0.3 is 0 Å². The first-order valence-electron chi connectivity index (χ1n) is 5.87. The highest BCUT2D eigenvalue weighted by Gasteiger charge is 2.15. The van der Waals surface area contributed by atoms with Gasteiger partial charge in [-0.05, 0) is 42.0 Å². The van der Waals surface area contributed by atoms with Gasteiger partial charge in [0.05, 0.1) is 0 Å². The Kier molecular flexibility index (Phi) is 7.25. The van der Waals surface area contributed by atoms with Gasteiger partial charge in [-0.3, -0.25) is 0 Å². The summed E-state index contributed by atoms with van der Waals surface area (Å²) in [6, 6.07) is 1.74. The molecule has 1 aromatic heterocycles. The molecule has 104 valence electrons. The zero-order chi connectivity index (χ0) is 13.4. The number of thiophene rings is 1. The molecule has 7 heteroatoms. The molecule has 2 N–H and O–H groups in total.